The zero-order valence-corrected chi connectivity index (χ0v) is 17.8. The van der Waals surface area contributed by atoms with Gasteiger partial charge in [0, 0.05) is 0 Å². The summed E-state index contributed by atoms with van der Waals surface area (Å²) < 4.78 is 0. The number of carboxylic acid groups (broad SMARTS) is 1. The molecule has 2 heteroatoms. The number of hydrogen-bond donors (Lipinski definition) is 1. The molecule has 0 aliphatic heterocycles. The Morgan fingerprint density at radius 3 is 2.48 bits per heavy atom. The molecule has 0 aromatic carbocycles. The van der Waals surface area contributed by atoms with Crippen molar-refractivity contribution in [3.63, 3.8) is 0 Å². The Morgan fingerprint density at radius 2 is 1.74 bits per heavy atom. The fraction of sp³-hybridized carbons (Fsp3) is 0.880. The van der Waals surface area contributed by atoms with Crippen molar-refractivity contribution < 1.29 is 9.90 Å². The Hall–Kier alpha value is -0.790. The van der Waals surface area contributed by atoms with E-state index in [1.54, 1.807) is 0 Å². The Balaban J connectivity index is 1.54. The maximum Gasteiger partial charge on any atom is 0.307 e. The molecule has 0 saturated heterocycles. The lowest BCUT2D eigenvalue weighted by molar-refractivity contribution is -0.136. The summed E-state index contributed by atoms with van der Waals surface area (Å²) in [6.45, 7) is 11.6. The summed E-state index contributed by atoms with van der Waals surface area (Å²) in [6, 6.07) is 0. The van der Waals surface area contributed by atoms with Gasteiger partial charge in [0.15, 0.2) is 0 Å². The zero-order chi connectivity index (χ0) is 19.4. The van der Waals surface area contributed by atoms with Crippen molar-refractivity contribution >= 4 is 5.97 Å². The summed E-state index contributed by atoms with van der Waals surface area (Å²) in [5.74, 6) is 3.98. The minimum absolute atomic E-state index is 0.143. The van der Waals surface area contributed by atoms with E-state index in [0.717, 1.165) is 29.2 Å². The Labute approximate surface area is 166 Å². The third kappa shape index (κ3) is 3.01. The van der Waals surface area contributed by atoms with Crippen molar-refractivity contribution in [2.24, 2.45) is 46.3 Å². The van der Waals surface area contributed by atoms with E-state index in [1.165, 1.54) is 64.2 Å². The summed E-state index contributed by atoms with van der Waals surface area (Å²) in [5.41, 5.74) is 1.96. The molecule has 1 unspecified atom stereocenters. The highest BCUT2D eigenvalue weighted by Crippen LogP contribution is 2.68. The monoisotopic (exact) mass is 372 g/mol. The number of fused-ring (bicyclic) bond motifs is 5. The van der Waals surface area contributed by atoms with Gasteiger partial charge in [-0.3, -0.25) is 4.79 Å². The Morgan fingerprint density at radius 1 is 1.00 bits per heavy atom. The number of carboxylic acids is 1. The number of hydrogen-bond acceptors (Lipinski definition) is 1. The molecular weight excluding hydrogens is 332 g/mol. The summed E-state index contributed by atoms with van der Waals surface area (Å²) in [4.78, 5) is 11.2. The van der Waals surface area contributed by atoms with Gasteiger partial charge in [0.1, 0.15) is 0 Å². The van der Waals surface area contributed by atoms with E-state index < -0.39 is 5.97 Å². The van der Waals surface area contributed by atoms with Gasteiger partial charge >= 0.3 is 5.97 Å². The second-order valence-electron chi connectivity index (χ2n) is 11.1. The lowest BCUT2D eigenvalue weighted by atomic mass is 9.44. The van der Waals surface area contributed by atoms with Gasteiger partial charge in [-0.2, -0.15) is 0 Å². The lowest BCUT2D eigenvalue weighted by Gasteiger charge is -2.61. The van der Waals surface area contributed by atoms with Gasteiger partial charge in [-0.1, -0.05) is 45.8 Å². The molecule has 8 atom stereocenters. The lowest BCUT2D eigenvalue weighted by Crippen LogP contribution is -2.53. The van der Waals surface area contributed by atoms with Crippen LogP contribution in [0.2, 0.25) is 0 Å². The van der Waals surface area contributed by atoms with Crippen LogP contribution in [0.5, 0.6) is 0 Å². The number of aliphatic carboxylic acids is 1. The summed E-state index contributed by atoms with van der Waals surface area (Å²) in [5, 5.41) is 9.20. The van der Waals surface area contributed by atoms with Crippen LogP contribution in [0.25, 0.3) is 0 Å². The average molecular weight is 373 g/mol. The molecule has 152 valence electrons. The predicted octanol–water partition coefficient (Wildman–Crippen LogP) is 6.70. The first kappa shape index (κ1) is 19.5. The van der Waals surface area contributed by atoms with Crippen LogP contribution < -0.4 is 0 Å². The fourth-order valence-corrected chi connectivity index (χ4v) is 8.80. The van der Waals surface area contributed by atoms with Crippen molar-refractivity contribution in [3.05, 3.63) is 12.2 Å². The van der Waals surface area contributed by atoms with E-state index >= 15 is 0 Å². The SMILES string of the molecule is C=C(CC(=O)O)[C@@H](C)[C@H]1CC[C@H]2[C@@H]3CCC4CCCC[C@]4(C)[C@H]3CC[C@]12C. The van der Waals surface area contributed by atoms with Gasteiger partial charge in [0.2, 0.25) is 0 Å². The van der Waals surface area contributed by atoms with Crippen LogP contribution in [0.1, 0.15) is 91.4 Å². The van der Waals surface area contributed by atoms with Crippen LogP contribution in [0.4, 0.5) is 0 Å². The number of rotatable bonds is 4. The van der Waals surface area contributed by atoms with Crippen LogP contribution in [0, 0.1) is 46.3 Å². The van der Waals surface area contributed by atoms with Crippen LogP contribution in [-0.4, -0.2) is 11.1 Å². The summed E-state index contributed by atoms with van der Waals surface area (Å²) in [6.07, 6.45) is 14.4. The van der Waals surface area contributed by atoms with E-state index in [2.05, 4.69) is 27.4 Å². The van der Waals surface area contributed by atoms with E-state index in [1.807, 2.05) is 0 Å². The molecule has 27 heavy (non-hydrogen) atoms. The van der Waals surface area contributed by atoms with E-state index in [0.29, 0.717) is 22.7 Å². The summed E-state index contributed by atoms with van der Waals surface area (Å²) >= 11 is 0. The molecule has 2 nitrogen and oxygen atoms in total. The largest absolute Gasteiger partial charge is 0.481 e. The topological polar surface area (TPSA) is 37.3 Å². The van der Waals surface area contributed by atoms with Gasteiger partial charge in [-0.05, 0) is 97.7 Å². The van der Waals surface area contributed by atoms with Crippen LogP contribution in [-0.2, 0) is 4.79 Å². The van der Waals surface area contributed by atoms with Crippen molar-refractivity contribution in [2.75, 3.05) is 0 Å². The van der Waals surface area contributed by atoms with E-state index in [-0.39, 0.29) is 6.42 Å². The zero-order valence-electron chi connectivity index (χ0n) is 17.8. The fourth-order valence-electron chi connectivity index (χ4n) is 8.80. The van der Waals surface area contributed by atoms with Gasteiger partial charge < -0.3 is 5.11 Å². The maximum absolute atomic E-state index is 11.2. The highest BCUT2D eigenvalue weighted by atomic mass is 16.4. The molecular formula is C25H40O2. The molecule has 0 heterocycles. The first-order valence-corrected chi connectivity index (χ1v) is 11.7. The van der Waals surface area contributed by atoms with Crippen molar-refractivity contribution in [1.29, 1.82) is 0 Å². The Kier molecular flexibility index (Phi) is 5.00. The Bertz CT molecular complexity index is 609. The molecule has 0 radical (unpaired) electrons. The second kappa shape index (κ2) is 6.92. The van der Waals surface area contributed by atoms with Crippen molar-refractivity contribution in [1.82, 2.24) is 0 Å². The van der Waals surface area contributed by atoms with E-state index in [4.69, 9.17) is 0 Å². The molecule has 4 rings (SSSR count). The normalized spacial score (nSPS) is 47.4. The van der Waals surface area contributed by atoms with Gasteiger partial charge in [-0.25, -0.2) is 0 Å². The minimum atomic E-state index is -0.723. The molecule has 0 bridgehead atoms. The van der Waals surface area contributed by atoms with Crippen molar-refractivity contribution in [3.8, 4) is 0 Å². The van der Waals surface area contributed by atoms with Crippen LogP contribution >= 0.6 is 0 Å². The smallest absolute Gasteiger partial charge is 0.307 e. The maximum atomic E-state index is 11.2. The molecule has 0 spiro atoms. The summed E-state index contributed by atoms with van der Waals surface area (Å²) in [7, 11) is 0. The first-order chi connectivity index (χ1) is 12.8. The first-order valence-electron chi connectivity index (χ1n) is 11.7. The van der Waals surface area contributed by atoms with Gasteiger partial charge in [-0.15, -0.1) is 0 Å². The third-order valence-electron chi connectivity index (χ3n) is 10.3. The standard InChI is InChI=1S/C25H40O2/c1-16(15-23(26)27)17(2)20-10-11-21-19-9-8-18-7-5-6-13-24(18,3)22(19)12-14-25(20,21)4/h17-22H,1,5-15H2,2-4H3,(H,26,27)/t17-,18?,19+,20-,21+,22+,24+,25-/m1/s1. The van der Waals surface area contributed by atoms with Crippen LogP contribution in [0.15, 0.2) is 12.2 Å². The molecule has 4 fully saturated rings. The molecule has 0 amide bonds. The third-order valence-corrected chi connectivity index (χ3v) is 10.3. The molecule has 1 N–H and O–H groups in total. The molecule has 0 aromatic heterocycles. The molecule has 4 aliphatic rings. The van der Waals surface area contributed by atoms with E-state index in [9.17, 15) is 9.90 Å². The minimum Gasteiger partial charge on any atom is -0.481 e. The van der Waals surface area contributed by atoms with Crippen molar-refractivity contribution in [2.45, 2.75) is 91.4 Å². The highest BCUT2D eigenvalue weighted by molar-refractivity contribution is 5.69. The molecule has 0 aromatic rings. The second-order valence-corrected chi connectivity index (χ2v) is 11.1. The predicted molar refractivity (Wildman–Crippen MR) is 110 cm³/mol. The molecule has 4 saturated carbocycles. The van der Waals surface area contributed by atoms with Gasteiger partial charge in [0.05, 0.1) is 6.42 Å². The number of carbonyl (C=O) groups is 1. The quantitative estimate of drug-likeness (QED) is 0.557. The van der Waals surface area contributed by atoms with Gasteiger partial charge in [0.25, 0.3) is 0 Å². The highest BCUT2D eigenvalue weighted by Gasteiger charge is 2.60. The molecule has 4 aliphatic carbocycles. The van der Waals surface area contributed by atoms with Crippen LogP contribution in [0.3, 0.4) is 0 Å². The average Bonchev–Trinajstić information content (AvgIpc) is 2.97.